The quantitative estimate of drug-likeness (QED) is 0.743. The van der Waals surface area contributed by atoms with Crippen LogP contribution in [0.1, 0.15) is 26.3 Å². The lowest BCUT2D eigenvalue weighted by Gasteiger charge is -2.20. The number of rotatable bonds is 6. The number of aliphatic hydroxyl groups excluding tert-OH is 1. The van der Waals surface area contributed by atoms with E-state index in [1.807, 2.05) is 24.3 Å². The molecule has 1 aromatic rings. The van der Waals surface area contributed by atoms with Gasteiger partial charge in [-0.05, 0) is 44.9 Å². The van der Waals surface area contributed by atoms with E-state index in [0.29, 0.717) is 13.0 Å². The predicted octanol–water partition coefficient (Wildman–Crippen LogP) is 1.99. The van der Waals surface area contributed by atoms with E-state index in [-0.39, 0.29) is 12.1 Å². The molecule has 0 radical (unpaired) electrons. The second-order valence-electron chi connectivity index (χ2n) is 5.14. The molecule has 0 amide bonds. The van der Waals surface area contributed by atoms with Crippen LogP contribution in [0.25, 0.3) is 0 Å². The van der Waals surface area contributed by atoms with Crippen LogP contribution in [0.2, 0.25) is 0 Å². The zero-order valence-corrected chi connectivity index (χ0v) is 11.0. The molecule has 0 saturated heterocycles. The normalized spacial score (nSPS) is 11.5. The Hall–Kier alpha value is -1.06. The number of ether oxygens (including phenoxy) is 1. The molecule has 0 spiro atoms. The standard InChI is InChI=1S/C14H23NO2/c1-14(2,3)15-9-11-17-13-6-4-12(5-7-13)8-10-16/h4-7,15-16H,8-11H2,1-3H3. The predicted molar refractivity (Wildman–Crippen MR) is 70.5 cm³/mol. The first-order chi connectivity index (χ1) is 8.01. The highest BCUT2D eigenvalue weighted by Gasteiger charge is 2.07. The molecule has 0 aliphatic heterocycles. The summed E-state index contributed by atoms with van der Waals surface area (Å²) in [6.45, 7) is 8.10. The third kappa shape index (κ3) is 6.29. The fourth-order valence-corrected chi connectivity index (χ4v) is 1.48. The first-order valence-corrected chi connectivity index (χ1v) is 6.09. The van der Waals surface area contributed by atoms with Crippen molar-refractivity contribution in [1.82, 2.24) is 5.32 Å². The SMILES string of the molecule is CC(C)(C)NCCOc1ccc(CCO)cc1. The molecule has 1 aromatic carbocycles. The summed E-state index contributed by atoms with van der Waals surface area (Å²) in [7, 11) is 0. The smallest absolute Gasteiger partial charge is 0.119 e. The molecule has 1 rings (SSSR count). The summed E-state index contributed by atoms with van der Waals surface area (Å²) in [6, 6.07) is 7.87. The van der Waals surface area contributed by atoms with Crippen LogP contribution in [0.3, 0.4) is 0 Å². The molecular weight excluding hydrogens is 214 g/mol. The van der Waals surface area contributed by atoms with Crippen LogP contribution in [-0.2, 0) is 6.42 Å². The summed E-state index contributed by atoms with van der Waals surface area (Å²) in [5.74, 6) is 0.877. The first-order valence-electron chi connectivity index (χ1n) is 6.09. The molecular formula is C14H23NO2. The van der Waals surface area contributed by atoms with Crippen molar-refractivity contribution in [3.63, 3.8) is 0 Å². The Labute approximate surface area is 104 Å². The van der Waals surface area contributed by atoms with Crippen molar-refractivity contribution in [3.05, 3.63) is 29.8 Å². The molecule has 0 aliphatic rings. The largest absolute Gasteiger partial charge is 0.492 e. The first kappa shape index (κ1) is 14.0. The van der Waals surface area contributed by atoms with Crippen LogP contribution in [-0.4, -0.2) is 30.4 Å². The van der Waals surface area contributed by atoms with Crippen LogP contribution in [0.15, 0.2) is 24.3 Å². The molecule has 3 heteroatoms. The Bertz CT molecular complexity index is 314. The van der Waals surface area contributed by atoms with E-state index in [4.69, 9.17) is 9.84 Å². The van der Waals surface area contributed by atoms with Gasteiger partial charge in [-0.1, -0.05) is 12.1 Å². The summed E-state index contributed by atoms with van der Waals surface area (Å²) in [4.78, 5) is 0. The van der Waals surface area contributed by atoms with Crippen molar-refractivity contribution in [2.45, 2.75) is 32.7 Å². The summed E-state index contributed by atoms with van der Waals surface area (Å²) in [5.41, 5.74) is 1.27. The summed E-state index contributed by atoms with van der Waals surface area (Å²) < 4.78 is 5.61. The van der Waals surface area contributed by atoms with Gasteiger partial charge in [0, 0.05) is 18.7 Å². The Kier molecular flexibility index (Phi) is 5.45. The topological polar surface area (TPSA) is 41.5 Å². The van der Waals surface area contributed by atoms with Gasteiger partial charge in [0.05, 0.1) is 0 Å². The summed E-state index contributed by atoms with van der Waals surface area (Å²) >= 11 is 0. The molecule has 0 bridgehead atoms. The Morgan fingerprint density at radius 2 is 1.82 bits per heavy atom. The number of aliphatic hydroxyl groups is 1. The molecule has 0 aromatic heterocycles. The van der Waals surface area contributed by atoms with Crippen molar-refractivity contribution in [2.75, 3.05) is 19.8 Å². The highest BCUT2D eigenvalue weighted by molar-refractivity contribution is 5.27. The Morgan fingerprint density at radius 3 is 2.35 bits per heavy atom. The summed E-state index contributed by atoms with van der Waals surface area (Å²) in [6.07, 6.45) is 0.700. The van der Waals surface area contributed by atoms with E-state index in [0.717, 1.165) is 17.9 Å². The average Bonchev–Trinajstić information content (AvgIpc) is 2.26. The van der Waals surface area contributed by atoms with Gasteiger partial charge in [0.25, 0.3) is 0 Å². The Balaban J connectivity index is 2.27. The van der Waals surface area contributed by atoms with E-state index in [1.165, 1.54) is 0 Å². The van der Waals surface area contributed by atoms with E-state index in [2.05, 4.69) is 26.1 Å². The second-order valence-corrected chi connectivity index (χ2v) is 5.14. The molecule has 0 saturated carbocycles. The van der Waals surface area contributed by atoms with Crippen molar-refractivity contribution in [2.24, 2.45) is 0 Å². The van der Waals surface area contributed by atoms with Crippen molar-refractivity contribution >= 4 is 0 Å². The number of benzene rings is 1. The van der Waals surface area contributed by atoms with Gasteiger partial charge in [0.15, 0.2) is 0 Å². The fraction of sp³-hybridized carbons (Fsp3) is 0.571. The highest BCUT2D eigenvalue weighted by atomic mass is 16.5. The third-order valence-electron chi connectivity index (χ3n) is 2.35. The van der Waals surface area contributed by atoms with Gasteiger partial charge in [0.1, 0.15) is 12.4 Å². The fourth-order valence-electron chi connectivity index (χ4n) is 1.48. The van der Waals surface area contributed by atoms with E-state index in [9.17, 15) is 0 Å². The van der Waals surface area contributed by atoms with Crippen LogP contribution in [0.4, 0.5) is 0 Å². The maximum atomic E-state index is 8.80. The minimum atomic E-state index is 0.133. The molecule has 3 nitrogen and oxygen atoms in total. The van der Waals surface area contributed by atoms with Crippen molar-refractivity contribution < 1.29 is 9.84 Å². The summed E-state index contributed by atoms with van der Waals surface area (Å²) in [5, 5.41) is 12.2. The minimum Gasteiger partial charge on any atom is -0.492 e. The van der Waals surface area contributed by atoms with Gasteiger partial charge in [-0.2, -0.15) is 0 Å². The highest BCUT2D eigenvalue weighted by Crippen LogP contribution is 2.12. The molecule has 0 aliphatic carbocycles. The zero-order chi connectivity index (χ0) is 12.7. The van der Waals surface area contributed by atoms with Crippen LogP contribution >= 0.6 is 0 Å². The zero-order valence-electron chi connectivity index (χ0n) is 11.0. The molecule has 96 valence electrons. The van der Waals surface area contributed by atoms with Gasteiger partial charge >= 0.3 is 0 Å². The van der Waals surface area contributed by atoms with Gasteiger partial charge in [-0.3, -0.25) is 0 Å². The monoisotopic (exact) mass is 237 g/mol. The van der Waals surface area contributed by atoms with E-state index in [1.54, 1.807) is 0 Å². The lowest BCUT2D eigenvalue weighted by Crippen LogP contribution is -2.38. The molecule has 0 unspecified atom stereocenters. The van der Waals surface area contributed by atoms with E-state index < -0.39 is 0 Å². The second kappa shape index (κ2) is 6.62. The van der Waals surface area contributed by atoms with Crippen LogP contribution in [0, 0.1) is 0 Å². The number of hydrogen-bond acceptors (Lipinski definition) is 3. The third-order valence-corrected chi connectivity index (χ3v) is 2.35. The van der Waals surface area contributed by atoms with Crippen molar-refractivity contribution in [1.29, 1.82) is 0 Å². The van der Waals surface area contributed by atoms with Gasteiger partial charge in [-0.25, -0.2) is 0 Å². The maximum Gasteiger partial charge on any atom is 0.119 e. The minimum absolute atomic E-state index is 0.133. The molecule has 17 heavy (non-hydrogen) atoms. The van der Waals surface area contributed by atoms with Gasteiger partial charge < -0.3 is 15.2 Å². The van der Waals surface area contributed by atoms with Crippen molar-refractivity contribution in [3.8, 4) is 5.75 Å². The van der Waals surface area contributed by atoms with Gasteiger partial charge in [0.2, 0.25) is 0 Å². The molecule has 0 heterocycles. The molecule has 0 atom stereocenters. The lowest BCUT2D eigenvalue weighted by atomic mass is 10.1. The van der Waals surface area contributed by atoms with Crippen LogP contribution in [0.5, 0.6) is 5.75 Å². The molecule has 0 fully saturated rings. The number of nitrogens with one attached hydrogen (secondary N) is 1. The van der Waals surface area contributed by atoms with Gasteiger partial charge in [-0.15, -0.1) is 0 Å². The average molecular weight is 237 g/mol. The van der Waals surface area contributed by atoms with Crippen LogP contribution < -0.4 is 10.1 Å². The lowest BCUT2D eigenvalue weighted by molar-refractivity contribution is 0.290. The number of hydrogen-bond donors (Lipinski definition) is 2. The Morgan fingerprint density at radius 1 is 1.18 bits per heavy atom. The maximum absolute atomic E-state index is 8.80. The van der Waals surface area contributed by atoms with E-state index >= 15 is 0 Å². The molecule has 2 N–H and O–H groups in total.